The van der Waals surface area contributed by atoms with Crippen LogP contribution in [0.4, 0.5) is 0 Å². The summed E-state index contributed by atoms with van der Waals surface area (Å²) in [6.07, 6.45) is 1.80. The van der Waals surface area contributed by atoms with Crippen LogP contribution in [0.5, 0.6) is 0 Å². The molecule has 1 aromatic carbocycles. The molecule has 3 aromatic rings. The first kappa shape index (κ1) is 24.1. The zero-order valence-electron chi connectivity index (χ0n) is 18.2. The Morgan fingerprint density at radius 3 is 2.80 bits per heavy atom. The fraction of sp³-hybridized carbons (Fsp3) is 0.250. The van der Waals surface area contributed by atoms with E-state index < -0.39 is 17.4 Å². The van der Waals surface area contributed by atoms with Gasteiger partial charge in [-0.1, -0.05) is 48.2 Å². The highest BCUT2D eigenvalue weighted by molar-refractivity contribution is 8.04. The summed E-state index contributed by atoms with van der Waals surface area (Å²) >= 11 is 5.56. The standard InChI is InChI=1S/C24H20N2O5S4/c27-15-11-18(35-16-6-8-33-20(15)16)32-9-7-24(23(30)31)12-26-21(29)19(22(26)34-13-24)25-17(28)10-14-4-2-1-3-5-14/h1-9,11,19,22H,10,12-13H2,(H,25,28)(H,30,31)/t19?,22-,24?/m1/s1. The number of β-lactam (4-membered cyclic amide) rings is 1. The molecule has 35 heavy (non-hydrogen) atoms. The summed E-state index contributed by atoms with van der Waals surface area (Å²) in [6, 6.07) is 12.1. The van der Waals surface area contributed by atoms with Gasteiger partial charge in [0.25, 0.3) is 0 Å². The van der Waals surface area contributed by atoms with Crippen LogP contribution in [0.3, 0.4) is 0 Å². The predicted molar refractivity (Wildman–Crippen MR) is 141 cm³/mol. The van der Waals surface area contributed by atoms with Gasteiger partial charge in [-0.25, -0.2) is 0 Å². The number of carboxylic acids is 1. The maximum absolute atomic E-state index is 12.8. The highest BCUT2D eigenvalue weighted by Gasteiger charge is 2.56. The molecule has 4 heterocycles. The van der Waals surface area contributed by atoms with Gasteiger partial charge in [0.05, 0.1) is 20.0 Å². The average Bonchev–Trinajstić information content (AvgIpc) is 3.32. The van der Waals surface area contributed by atoms with Crippen LogP contribution in [0.2, 0.25) is 0 Å². The molecule has 0 radical (unpaired) electrons. The van der Waals surface area contributed by atoms with Gasteiger partial charge in [0, 0.05) is 18.4 Å². The number of thiophene rings is 1. The van der Waals surface area contributed by atoms with Gasteiger partial charge in [-0.3, -0.25) is 19.2 Å². The van der Waals surface area contributed by atoms with E-state index in [-0.39, 0.29) is 41.3 Å². The van der Waals surface area contributed by atoms with Crippen molar-refractivity contribution in [3.8, 4) is 0 Å². The van der Waals surface area contributed by atoms with E-state index in [1.54, 1.807) is 17.6 Å². The largest absolute Gasteiger partial charge is 0.481 e. The Kier molecular flexibility index (Phi) is 6.75. The van der Waals surface area contributed by atoms with Crippen molar-refractivity contribution in [2.75, 3.05) is 12.3 Å². The van der Waals surface area contributed by atoms with Gasteiger partial charge in [0.2, 0.25) is 11.8 Å². The van der Waals surface area contributed by atoms with Gasteiger partial charge in [0.1, 0.15) is 16.8 Å². The Hall–Kier alpha value is -2.60. The summed E-state index contributed by atoms with van der Waals surface area (Å²) < 4.78 is 2.41. The van der Waals surface area contributed by atoms with Crippen molar-refractivity contribution in [2.24, 2.45) is 5.41 Å². The maximum Gasteiger partial charge on any atom is 0.316 e. The lowest BCUT2D eigenvalue weighted by Crippen LogP contribution is -2.73. The molecule has 0 saturated carbocycles. The molecule has 3 atom stereocenters. The number of amides is 2. The van der Waals surface area contributed by atoms with Gasteiger partial charge in [-0.15, -0.1) is 34.4 Å². The van der Waals surface area contributed by atoms with E-state index in [0.717, 1.165) is 19.2 Å². The Morgan fingerprint density at radius 1 is 1.23 bits per heavy atom. The van der Waals surface area contributed by atoms with E-state index in [0.29, 0.717) is 0 Å². The summed E-state index contributed by atoms with van der Waals surface area (Å²) in [4.78, 5) is 51.2. The van der Waals surface area contributed by atoms with Crippen molar-refractivity contribution in [3.05, 3.63) is 75.1 Å². The number of carboxylic acid groups (broad SMARTS) is 1. The molecular formula is C24H20N2O5S4. The molecule has 2 aliphatic heterocycles. The van der Waals surface area contributed by atoms with Gasteiger partial charge >= 0.3 is 5.97 Å². The fourth-order valence-corrected chi connectivity index (χ4v) is 8.61. The number of aliphatic carboxylic acids is 1. The van der Waals surface area contributed by atoms with E-state index in [1.165, 1.54) is 51.1 Å². The first-order chi connectivity index (χ1) is 16.9. The lowest BCUT2D eigenvalue weighted by atomic mass is 9.87. The van der Waals surface area contributed by atoms with Crippen molar-refractivity contribution >= 4 is 73.4 Å². The smallest absolute Gasteiger partial charge is 0.316 e. The molecule has 11 heteroatoms. The van der Waals surface area contributed by atoms with Crippen molar-refractivity contribution in [3.63, 3.8) is 0 Å². The molecule has 2 aliphatic rings. The van der Waals surface area contributed by atoms with Crippen LogP contribution in [-0.2, 0) is 20.8 Å². The highest BCUT2D eigenvalue weighted by atomic mass is 32.2. The molecule has 0 bridgehead atoms. The zero-order valence-corrected chi connectivity index (χ0v) is 21.5. The zero-order chi connectivity index (χ0) is 24.6. The lowest BCUT2D eigenvalue weighted by Gasteiger charge is -2.53. The summed E-state index contributed by atoms with van der Waals surface area (Å²) in [6.45, 7) is 0.0424. The number of carbonyl (C=O) groups is 3. The van der Waals surface area contributed by atoms with Crippen molar-refractivity contribution < 1.29 is 19.5 Å². The average molecular weight is 545 g/mol. The van der Waals surface area contributed by atoms with E-state index in [1.807, 2.05) is 41.8 Å². The summed E-state index contributed by atoms with van der Waals surface area (Å²) in [7, 11) is 0. The molecule has 0 aliphatic carbocycles. The maximum atomic E-state index is 12.8. The van der Waals surface area contributed by atoms with Crippen molar-refractivity contribution in [2.45, 2.75) is 22.0 Å². The molecule has 0 spiro atoms. The quantitative estimate of drug-likeness (QED) is 0.346. The monoisotopic (exact) mass is 544 g/mol. The van der Waals surface area contributed by atoms with E-state index in [2.05, 4.69) is 5.32 Å². The van der Waals surface area contributed by atoms with Crippen LogP contribution in [0.15, 0.2) is 68.3 Å². The molecule has 2 unspecified atom stereocenters. The number of benzene rings is 1. The summed E-state index contributed by atoms with van der Waals surface area (Å²) in [5.74, 6) is -1.23. The van der Waals surface area contributed by atoms with Crippen LogP contribution < -0.4 is 10.7 Å². The van der Waals surface area contributed by atoms with Gasteiger partial charge in [0.15, 0.2) is 5.43 Å². The van der Waals surface area contributed by atoms with Gasteiger partial charge in [-0.2, -0.15) is 0 Å². The minimum Gasteiger partial charge on any atom is -0.481 e. The number of thioether (sulfide) groups is 2. The molecule has 2 amide bonds. The Morgan fingerprint density at radius 2 is 2.03 bits per heavy atom. The Balaban J connectivity index is 1.23. The molecule has 2 N–H and O–H groups in total. The third-order valence-electron chi connectivity index (χ3n) is 5.94. The number of rotatable bonds is 7. The summed E-state index contributed by atoms with van der Waals surface area (Å²) in [5.41, 5.74) is -0.416. The third-order valence-corrected chi connectivity index (χ3v) is 10.6. The number of hydrogen-bond donors (Lipinski definition) is 2. The van der Waals surface area contributed by atoms with Crippen molar-refractivity contribution in [1.82, 2.24) is 10.2 Å². The highest BCUT2D eigenvalue weighted by Crippen LogP contribution is 2.43. The number of hydrogen-bond acceptors (Lipinski definition) is 8. The Labute approximate surface area is 217 Å². The van der Waals surface area contributed by atoms with Crippen molar-refractivity contribution in [1.29, 1.82) is 0 Å². The van der Waals surface area contributed by atoms with Gasteiger partial charge < -0.3 is 15.3 Å². The second-order valence-electron chi connectivity index (χ2n) is 8.30. The molecule has 2 aromatic heterocycles. The topological polar surface area (TPSA) is 104 Å². The number of nitrogens with zero attached hydrogens (tertiary/aromatic N) is 1. The lowest BCUT2D eigenvalue weighted by molar-refractivity contribution is -0.156. The Bertz CT molecular complexity index is 1390. The molecule has 180 valence electrons. The minimum absolute atomic E-state index is 0.0415. The first-order valence-corrected chi connectivity index (χ1v) is 14.3. The van der Waals surface area contributed by atoms with Crippen LogP contribution in [0.1, 0.15) is 5.56 Å². The van der Waals surface area contributed by atoms with E-state index >= 15 is 0 Å². The van der Waals surface area contributed by atoms with Crippen LogP contribution in [-0.4, -0.2) is 51.5 Å². The SMILES string of the molecule is O=C(Cc1ccccc1)NC1C(=O)N2CC(C=CSc3cc(=O)c4sccc4s3)(C(=O)O)CS[C@H]12. The third kappa shape index (κ3) is 4.77. The van der Waals surface area contributed by atoms with E-state index in [4.69, 9.17) is 0 Å². The molecule has 2 fully saturated rings. The minimum atomic E-state index is -1.24. The molecule has 2 saturated heterocycles. The first-order valence-electron chi connectivity index (χ1n) is 10.7. The molecular weight excluding hydrogens is 525 g/mol. The summed E-state index contributed by atoms with van der Waals surface area (Å²) in [5, 5.41) is 16.1. The fourth-order valence-electron chi connectivity index (χ4n) is 4.06. The molecule has 7 nitrogen and oxygen atoms in total. The van der Waals surface area contributed by atoms with Crippen LogP contribution >= 0.6 is 46.2 Å². The number of carbonyl (C=O) groups excluding carboxylic acids is 2. The second kappa shape index (κ2) is 9.81. The van der Waals surface area contributed by atoms with Gasteiger partial charge in [-0.05, 0) is 22.4 Å². The van der Waals surface area contributed by atoms with E-state index in [9.17, 15) is 24.3 Å². The second-order valence-corrected chi connectivity index (χ2v) is 12.6. The predicted octanol–water partition coefficient (Wildman–Crippen LogP) is 3.64. The number of fused-ring (bicyclic) bond motifs is 2. The molecule has 5 rings (SSSR count). The van der Waals surface area contributed by atoms with Crippen LogP contribution in [0, 0.1) is 5.41 Å². The normalized spacial score (nSPS) is 23.8. The number of nitrogens with one attached hydrogen (secondary N) is 1. The van der Waals surface area contributed by atoms with Crippen LogP contribution in [0.25, 0.3) is 9.40 Å².